The van der Waals surface area contributed by atoms with Gasteiger partial charge in [0.05, 0.1) is 11.2 Å². The molecule has 2 rings (SSSR count). The van der Waals surface area contributed by atoms with E-state index in [0.717, 1.165) is 18.4 Å². The van der Waals surface area contributed by atoms with Gasteiger partial charge in [0, 0.05) is 4.88 Å². The maximum Gasteiger partial charge on any atom is 0.113 e. The molecule has 19 heavy (non-hydrogen) atoms. The Bertz CT molecular complexity index is 401. The van der Waals surface area contributed by atoms with Crippen LogP contribution in [0, 0.1) is 25.7 Å². The quantitative estimate of drug-likeness (QED) is 0.883. The first-order valence-corrected chi connectivity index (χ1v) is 8.49. The Morgan fingerprint density at radius 1 is 1.42 bits per heavy atom. The number of hydrogen-bond acceptors (Lipinski definition) is 3. The SMILES string of the molecule is CCNC1(c2nc(C)c(C)s2)CCCC(C(C)C)C1. The second-order valence-corrected chi connectivity index (χ2v) is 7.58. The molecule has 1 aliphatic carbocycles. The minimum absolute atomic E-state index is 0.144. The van der Waals surface area contributed by atoms with Gasteiger partial charge in [0.2, 0.25) is 0 Å². The van der Waals surface area contributed by atoms with Crippen molar-refractivity contribution in [2.24, 2.45) is 11.8 Å². The van der Waals surface area contributed by atoms with Crippen LogP contribution in [0.3, 0.4) is 0 Å². The number of thiazole rings is 1. The van der Waals surface area contributed by atoms with Crippen LogP contribution in [0.2, 0.25) is 0 Å². The highest BCUT2D eigenvalue weighted by Crippen LogP contribution is 2.44. The zero-order chi connectivity index (χ0) is 14.0. The van der Waals surface area contributed by atoms with Gasteiger partial charge in [0.25, 0.3) is 0 Å². The van der Waals surface area contributed by atoms with Crippen molar-refractivity contribution in [3.8, 4) is 0 Å². The summed E-state index contributed by atoms with van der Waals surface area (Å²) in [4.78, 5) is 6.25. The summed E-state index contributed by atoms with van der Waals surface area (Å²) >= 11 is 1.90. The lowest BCUT2D eigenvalue weighted by Crippen LogP contribution is -2.46. The third-order valence-electron chi connectivity index (χ3n) is 4.69. The summed E-state index contributed by atoms with van der Waals surface area (Å²) in [5, 5.41) is 5.12. The normalized spacial score (nSPS) is 28.0. The molecule has 0 bridgehead atoms. The van der Waals surface area contributed by atoms with Crippen molar-refractivity contribution in [2.75, 3.05) is 6.54 Å². The van der Waals surface area contributed by atoms with Crippen molar-refractivity contribution in [3.05, 3.63) is 15.6 Å². The Balaban J connectivity index is 2.31. The van der Waals surface area contributed by atoms with Gasteiger partial charge in [-0.25, -0.2) is 4.98 Å². The van der Waals surface area contributed by atoms with Gasteiger partial charge in [-0.15, -0.1) is 11.3 Å². The Kier molecular flexibility index (Phi) is 4.67. The highest BCUT2D eigenvalue weighted by atomic mass is 32.1. The minimum atomic E-state index is 0.144. The van der Waals surface area contributed by atoms with Gasteiger partial charge >= 0.3 is 0 Å². The number of rotatable bonds is 4. The topological polar surface area (TPSA) is 24.9 Å². The molecule has 1 aromatic heterocycles. The molecule has 0 radical (unpaired) electrons. The molecule has 0 amide bonds. The van der Waals surface area contributed by atoms with E-state index in [2.05, 4.69) is 39.9 Å². The van der Waals surface area contributed by atoms with E-state index in [1.54, 1.807) is 0 Å². The van der Waals surface area contributed by atoms with Crippen LogP contribution in [0.25, 0.3) is 0 Å². The molecule has 0 saturated heterocycles. The third kappa shape index (κ3) is 3.03. The summed E-state index contributed by atoms with van der Waals surface area (Å²) in [6.45, 7) is 12.3. The lowest BCUT2D eigenvalue weighted by molar-refractivity contribution is 0.149. The zero-order valence-corrected chi connectivity index (χ0v) is 13.9. The summed E-state index contributed by atoms with van der Waals surface area (Å²) in [5.74, 6) is 1.61. The number of aryl methyl sites for hydroxylation is 2. The molecule has 2 nitrogen and oxygen atoms in total. The Labute approximate surface area is 122 Å². The minimum Gasteiger partial charge on any atom is -0.306 e. The van der Waals surface area contributed by atoms with Crippen LogP contribution in [0.15, 0.2) is 0 Å². The van der Waals surface area contributed by atoms with Gasteiger partial charge in [-0.3, -0.25) is 0 Å². The molecular formula is C16H28N2S. The maximum atomic E-state index is 4.87. The molecule has 1 saturated carbocycles. The van der Waals surface area contributed by atoms with Crippen LogP contribution in [0.5, 0.6) is 0 Å². The lowest BCUT2D eigenvalue weighted by atomic mass is 9.72. The predicted octanol–water partition coefficient (Wildman–Crippen LogP) is 4.41. The Morgan fingerprint density at radius 2 is 2.16 bits per heavy atom. The molecule has 0 spiro atoms. The van der Waals surface area contributed by atoms with Gasteiger partial charge < -0.3 is 5.32 Å². The Morgan fingerprint density at radius 3 is 2.68 bits per heavy atom. The second kappa shape index (κ2) is 5.92. The molecule has 1 fully saturated rings. The van der Waals surface area contributed by atoms with Gasteiger partial charge in [-0.05, 0) is 45.1 Å². The van der Waals surface area contributed by atoms with E-state index in [1.165, 1.54) is 41.3 Å². The summed E-state index contributed by atoms with van der Waals surface area (Å²) in [5.41, 5.74) is 1.36. The van der Waals surface area contributed by atoms with Crippen molar-refractivity contribution >= 4 is 11.3 Å². The lowest BCUT2D eigenvalue weighted by Gasteiger charge is -2.41. The summed E-state index contributed by atoms with van der Waals surface area (Å²) in [6, 6.07) is 0. The molecular weight excluding hydrogens is 252 g/mol. The largest absolute Gasteiger partial charge is 0.306 e. The van der Waals surface area contributed by atoms with Gasteiger partial charge in [-0.1, -0.05) is 33.6 Å². The molecule has 3 heteroatoms. The molecule has 1 N–H and O–H groups in total. The van der Waals surface area contributed by atoms with E-state index in [0.29, 0.717) is 0 Å². The second-order valence-electron chi connectivity index (χ2n) is 6.37. The third-order valence-corrected chi connectivity index (χ3v) is 5.96. The predicted molar refractivity (Wildman–Crippen MR) is 83.7 cm³/mol. The molecule has 0 aromatic carbocycles. The molecule has 1 aliphatic rings. The first-order chi connectivity index (χ1) is 8.98. The van der Waals surface area contributed by atoms with Crippen molar-refractivity contribution < 1.29 is 0 Å². The number of nitrogens with one attached hydrogen (secondary N) is 1. The highest BCUT2D eigenvalue weighted by molar-refractivity contribution is 7.11. The number of hydrogen-bond donors (Lipinski definition) is 1. The number of aromatic nitrogens is 1. The molecule has 2 unspecified atom stereocenters. The number of nitrogens with zero attached hydrogens (tertiary/aromatic N) is 1. The van der Waals surface area contributed by atoms with E-state index >= 15 is 0 Å². The summed E-state index contributed by atoms with van der Waals surface area (Å²) in [7, 11) is 0. The zero-order valence-electron chi connectivity index (χ0n) is 13.0. The van der Waals surface area contributed by atoms with Crippen LogP contribution in [-0.4, -0.2) is 11.5 Å². The molecule has 108 valence electrons. The standard InChI is InChI=1S/C16H28N2S/c1-6-17-16(15-18-12(4)13(5)19-15)9-7-8-14(10-16)11(2)3/h11,14,17H,6-10H2,1-5H3. The van der Waals surface area contributed by atoms with E-state index < -0.39 is 0 Å². The summed E-state index contributed by atoms with van der Waals surface area (Å²) < 4.78 is 0. The monoisotopic (exact) mass is 280 g/mol. The fourth-order valence-corrected chi connectivity index (χ4v) is 4.45. The first kappa shape index (κ1) is 15.0. The maximum absolute atomic E-state index is 4.87. The van der Waals surface area contributed by atoms with E-state index in [-0.39, 0.29) is 5.54 Å². The van der Waals surface area contributed by atoms with Crippen molar-refractivity contribution in [2.45, 2.75) is 65.8 Å². The highest BCUT2D eigenvalue weighted by Gasteiger charge is 2.40. The molecule has 2 atom stereocenters. The van der Waals surface area contributed by atoms with Crippen LogP contribution < -0.4 is 5.32 Å². The van der Waals surface area contributed by atoms with Crippen molar-refractivity contribution in [1.29, 1.82) is 0 Å². The average molecular weight is 280 g/mol. The smallest absolute Gasteiger partial charge is 0.113 e. The Hall–Kier alpha value is -0.410. The van der Waals surface area contributed by atoms with Gasteiger partial charge in [0.15, 0.2) is 0 Å². The van der Waals surface area contributed by atoms with Crippen molar-refractivity contribution in [1.82, 2.24) is 10.3 Å². The van der Waals surface area contributed by atoms with E-state index in [4.69, 9.17) is 4.98 Å². The van der Waals surface area contributed by atoms with Crippen LogP contribution in [0.4, 0.5) is 0 Å². The van der Waals surface area contributed by atoms with Gasteiger partial charge in [-0.2, -0.15) is 0 Å². The average Bonchev–Trinajstić information content (AvgIpc) is 2.71. The van der Waals surface area contributed by atoms with Gasteiger partial charge in [0.1, 0.15) is 5.01 Å². The summed E-state index contributed by atoms with van der Waals surface area (Å²) in [6.07, 6.45) is 5.21. The van der Waals surface area contributed by atoms with Crippen LogP contribution in [0.1, 0.15) is 62.0 Å². The van der Waals surface area contributed by atoms with Crippen LogP contribution in [-0.2, 0) is 5.54 Å². The van der Waals surface area contributed by atoms with E-state index in [1.807, 2.05) is 11.3 Å². The molecule has 0 aliphatic heterocycles. The fraction of sp³-hybridized carbons (Fsp3) is 0.812. The fourth-order valence-electron chi connectivity index (χ4n) is 3.33. The van der Waals surface area contributed by atoms with Crippen molar-refractivity contribution in [3.63, 3.8) is 0 Å². The first-order valence-electron chi connectivity index (χ1n) is 7.68. The van der Waals surface area contributed by atoms with Crippen LogP contribution >= 0.6 is 11.3 Å². The molecule has 1 heterocycles. The van der Waals surface area contributed by atoms with E-state index in [9.17, 15) is 0 Å². The molecule has 1 aromatic rings.